The van der Waals surface area contributed by atoms with Gasteiger partial charge in [0.15, 0.2) is 0 Å². The van der Waals surface area contributed by atoms with Gasteiger partial charge in [-0.1, -0.05) is 41.9 Å². The largest absolute Gasteiger partial charge is 0.478 e. The summed E-state index contributed by atoms with van der Waals surface area (Å²) in [6, 6.07) is 13.9. The summed E-state index contributed by atoms with van der Waals surface area (Å²) in [5.41, 5.74) is 5.16. The van der Waals surface area contributed by atoms with E-state index in [0.717, 1.165) is 41.5 Å². The molecule has 0 saturated carbocycles. The fraction of sp³-hybridized carbons (Fsp3) is 0.167. The maximum atomic E-state index is 11.0. The van der Waals surface area contributed by atoms with Gasteiger partial charge in [0.05, 0.1) is 0 Å². The highest BCUT2D eigenvalue weighted by molar-refractivity contribution is 6.33. The first-order valence-electron chi connectivity index (χ1n) is 6.97. The maximum absolute atomic E-state index is 11.0. The fourth-order valence-electron chi connectivity index (χ4n) is 2.86. The molecule has 0 saturated heterocycles. The molecule has 1 aliphatic carbocycles. The Morgan fingerprint density at radius 3 is 2.67 bits per heavy atom. The third-order valence-corrected chi connectivity index (χ3v) is 4.16. The third kappa shape index (κ3) is 2.86. The van der Waals surface area contributed by atoms with Gasteiger partial charge in [-0.3, -0.25) is 0 Å². The lowest BCUT2D eigenvalue weighted by Crippen LogP contribution is -2.04. The molecular weight excluding hydrogens is 284 g/mol. The van der Waals surface area contributed by atoms with Crippen molar-refractivity contribution in [3.8, 4) is 11.1 Å². The molecule has 0 radical (unpaired) electrons. The number of rotatable bonds is 2. The number of allylic oxidation sites excluding steroid dienone is 1. The number of carboxylic acids is 1. The molecule has 3 rings (SSSR count). The number of hydrogen-bond acceptors (Lipinski definition) is 1. The van der Waals surface area contributed by atoms with E-state index in [-0.39, 0.29) is 0 Å². The molecule has 2 aromatic rings. The van der Waals surface area contributed by atoms with Crippen LogP contribution in [0.5, 0.6) is 0 Å². The van der Waals surface area contributed by atoms with E-state index >= 15 is 0 Å². The Morgan fingerprint density at radius 2 is 1.90 bits per heavy atom. The number of halogens is 1. The van der Waals surface area contributed by atoms with E-state index < -0.39 is 5.97 Å². The van der Waals surface area contributed by atoms with Gasteiger partial charge in [-0.25, -0.2) is 4.79 Å². The molecule has 0 fully saturated rings. The third-order valence-electron chi connectivity index (χ3n) is 3.83. The predicted molar refractivity (Wildman–Crippen MR) is 85.4 cm³/mol. The Balaban J connectivity index is 2.12. The molecule has 21 heavy (non-hydrogen) atoms. The Hall–Kier alpha value is -2.06. The molecule has 0 aromatic heterocycles. The molecule has 1 aliphatic rings. The lowest BCUT2D eigenvalue weighted by atomic mass is 9.85. The number of benzene rings is 2. The highest BCUT2D eigenvalue weighted by Gasteiger charge is 2.16. The van der Waals surface area contributed by atoms with E-state index in [2.05, 4.69) is 18.2 Å². The van der Waals surface area contributed by atoms with Crippen LogP contribution in [0.4, 0.5) is 0 Å². The van der Waals surface area contributed by atoms with Crippen molar-refractivity contribution in [2.75, 3.05) is 0 Å². The second kappa shape index (κ2) is 5.74. The maximum Gasteiger partial charge on any atom is 0.328 e. The van der Waals surface area contributed by atoms with Crippen LogP contribution in [0.15, 0.2) is 48.5 Å². The quantitative estimate of drug-likeness (QED) is 0.808. The summed E-state index contributed by atoms with van der Waals surface area (Å²) in [4.78, 5) is 11.0. The number of aryl methyl sites for hydroxylation is 1. The first-order valence-corrected chi connectivity index (χ1v) is 7.34. The van der Waals surface area contributed by atoms with Gasteiger partial charge < -0.3 is 5.11 Å². The number of carbonyl (C=O) groups is 1. The molecule has 3 heteroatoms. The van der Waals surface area contributed by atoms with Gasteiger partial charge in [0, 0.05) is 16.7 Å². The Bertz CT molecular complexity index is 732. The van der Waals surface area contributed by atoms with E-state index in [4.69, 9.17) is 16.7 Å². The van der Waals surface area contributed by atoms with Crippen molar-refractivity contribution in [2.45, 2.75) is 19.3 Å². The van der Waals surface area contributed by atoms with Crippen LogP contribution in [0.2, 0.25) is 5.02 Å². The Kier molecular flexibility index (Phi) is 3.80. The van der Waals surface area contributed by atoms with E-state index in [0.29, 0.717) is 5.02 Å². The predicted octanol–water partition coefficient (Wildman–Crippen LogP) is 4.81. The van der Waals surface area contributed by atoms with Crippen LogP contribution in [-0.2, 0) is 11.2 Å². The van der Waals surface area contributed by atoms with Gasteiger partial charge in [0.1, 0.15) is 0 Å². The van der Waals surface area contributed by atoms with Gasteiger partial charge in [-0.05, 0) is 53.7 Å². The summed E-state index contributed by atoms with van der Waals surface area (Å²) in [7, 11) is 0. The number of carboxylic acid groups (broad SMARTS) is 1. The minimum atomic E-state index is -0.888. The van der Waals surface area contributed by atoms with Crippen molar-refractivity contribution in [2.24, 2.45) is 0 Å². The van der Waals surface area contributed by atoms with Gasteiger partial charge in [-0.15, -0.1) is 0 Å². The van der Waals surface area contributed by atoms with Crippen LogP contribution in [0.3, 0.4) is 0 Å². The molecular formula is C18H15ClO2. The fourth-order valence-corrected chi connectivity index (χ4v) is 3.10. The van der Waals surface area contributed by atoms with Crippen molar-refractivity contribution in [1.29, 1.82) is 0 Å². The molecule has 0 aliphatic heterocycles. The van der Waals surface area contributed by atoms with Crippen molar-refractivity contribution >= 4 is 23.1 Å². The molecule has 0 bridgehead atoms. The topological polar surface area (TPSA) is 37.3 Å². The van der Waals surface area contributed by atoms with Gasteiger partial charge >= 0.3 is 5.97 Å². The summed E-state index contributed by atoms with van der Waals surface area (Å²) in [6.45, 7) is 0. The second-order valence-corrected chi connectivity index (χ2v) is 5.62. The normalized spacial score (nSPS) is 15.8. The number of fused-ring (bicyclic) bond motifs is 1. The van der Waals surface area contributed by atoms with Crippen molar-refractivity contribution in [1.82, 2.24) is 0 Å². The molecule has 2 nitrogen and oxygen atoms in total. The van der Waals surface area contributed by atoms with Crippen molar-refractivity contribution < 1.29 is 9.90 Å². The van der Waals surface area contributed by atoms with E-state index in [1.54, 1.807) is 0 Å². The molecule has 0 heterocycles. The van der Waals surface area contributed by atoms with Gasteiger partial charge in [-0.2, -0.15) is 0 Å². The van der Waals surface area contributed by atoms with Crippen LogP contribution in [0.1, 0.15) is 24.0 Å². The lowest BCUT2D eigenvalue weighted by Gasteiger charge is -2.20. The Labute approximate surface area is 128 Å². The monoisotopic (exact) mass is 298 g/mol. The van der Waals surface area contributed by atoms with E-state index in [9.17, 15) is 4.79 Å². The number of hydrogen-bond donors (Lipinski definition) is 1. The van der Waals surface area contributed by atoms with Crippen LogP contribution in [0.25, 0.3) is 16.7 Å². The molecule has 106 valence electrons. The standard InChI is InChI=1S/C18H15ClO2/c19-17-7-2-1-6-15(17)14-9-8-12-4-3-5-13(11-18(20)21)16(12)10-14/h1-2,6-11H,3-5H2,(H,20,21)/b13-11+. The zero-order valence-corrected chi connectivity index (χ0v) is 12.2. The summed E-state index contributed by atoms with van der Waals surface area (Å²) in [5.74, 6) is -0.888. The molecule has 2 aromatic carbocycles. The highest BCUT2D eigenvalue weighted by atomic mass is 35.5. The van der Waals surface area contributed by atoms with Crippen LogP contribution in [-0.4, -0.2) is 11.1 Å². The smallest absolute Gasteiger partial charge is 0.328 e. The summed E-state index contributed by atoms with van der Waals surface area (Å²) in [5, 5.41) is 9.73. The number of aliphatic carboxylic acids is 1. The highest BCUT2D eigenvalue weighted by Crippen LogP contribution is 2.35. The lowest BCUT2D eigenvalue weighted by molar-refractivity contribution is -0.131. The SMILES string of the molecule is O=C(O)/C=C1\CCCc2ccc(-c3ccccc3Cl)cc21. The van der Waals surface area contributed by atoms with Gasteiger partial charge in [0.2, 0.25) is 0 Å². The van der Waals surface area contributed by atoms with Gasteiger partial charge in [0.25, 0.3) is 0 Å². The van der Waals surface area contributed by atoms with E-state index in [1.807, 2.05) is 24.3 Å². The minimum Gasteiger partial charge on any atom is -0.478 e. The minimum absolute atomic E-state index is 0.706. The average molecular weight is 299 g/mol. The molecule has 0 spiro atoms. The zero-order valence-electron chi connectivity index (χ0n) is 11.5. The Morgan fingerprint density at radius 1 is 1.10 bits per heavy atom. The molecule has 0 unspecified atom stereocenters. The van der Waals surface area contributed by atoms with Crippen LogP contribution in [0, 0.1) is 0 Å². The summed E-state index contributed by atoms with van der Waals surface area (Å²) in [6.07, 6.45) is 4.13. The molecule has 1 N–H and O–H groups in total. The summed E-state index contributed by atoms with van der Waals surface area (Å²) < 4.78 is 0. The molecule has 0 amide bonds. The summed E-state index contributed by atoms with van der Waals surface area (Å²) >= 11 is 6.25. The van der Waals surface area contributed by atoms with Crippen molar-refractivity contribution in [3.05, 3.63) is 64.7 Å². The van der Waals surface area contributed by atoms with Crippen molar-refractivity contribution in [3.63, 3.8) is 0 Å². The average Bonchev–Trinajstić information content (AvgIpc) is 2.47. The first-order chi connectivity index (χ1) is 10.1. The van der Waals surface area contributed by atoms with Crippen LogP contribution >= 0.6 is 11.6 Å². The second-order valence-electron chi connectivity index (χ2n) is 5.21. The first kappa shape index (κ1) is 13.9. The van der Waals surface area contributed by atoms with E-state index in [1.165, 1.54) is 11.6 Å². The molecule has 0 atom stereocenters. The zero-order chi connectivity index (χ0) is 14.8. The van der Waals surface area contributed by atoms with Crippen LogP contribution < -0.4 is 0 Å².